The van der Waals surface area contributed by atoms with Crippen molar-refractivity contribution in [3.8, 4) is 0 Å². The fourth-order valence-electron chi connectivity index (χ4n) is 1.76. The van der Waals surface area contributed by atoms with Crippen LogP contribution in [-0.4, -0.2) is 36.5 Å². The van der Waals surface area contributed by atoms with E-state index in [-0.39, 0.29) is 0 Å². The molecule has 0 spiro atoms. The Labute approximate surface area is 72.1 Å². The van der Waals surface area contributed by atoms with Crippen LogP contribution in [0.3, 0.4) is 0 Å². The van der Waals surface area contributed by atoms with E-state index in [0.29, 0.717) is 0 Å². The molecule has 0 aliphatic carbocycles. The molecule has 0 aromatic rings. The highest BCUT2D eigenvalue weighted by Crippen LogP contribution is 2.16. The van der Waals surface area contributed by atoms with Crippen molar-refractivity contribution in [3.63, 3.8) is 0 Å². The molecule has 1 aliphatic heterocycles. The van der Waals surface area contributed by atoms with E-state index in [9.17, 15) is 0 Å². The second-order valence-electron chi connectivity index (χ2n) is 3.54. The molecule has 1 aliphatic rings. The van der Waals surface area contributed by atoms with Crippen molar-refractivity contribution < 1.29 is 4.48 Å². The van der Waals surface area contributed by atoms with Gasteiger partial charge >= 0.3 is 0 Å². The summed E-state index contributed by atoms with van der Waals surface area (Å²) in [5.74, 6) is 0. The third-order valence-corrected chi connectivity index (χ3v) is 3.04. The Morgan fingerprint density at radius 3 is 2.40 bits per heavy atom. The zero-order valence-corrected chi connectivity index (χ0v) is 8.36. The van der Waals surface area contributed by atoms with Gasteiger partial charge in [0.25, 0.3) is 0 Å². The van der Waals surface area contributed by atoms with Crippen LogP contribution in [0.25, 0.3) is 0 Å². The summed E-state index contributed by atoms with van der Waals surface area (Å²) >= 11 is 3.47. The molecule has 1 rings (SSSR count). The van der Waals surface area contributed by atoms with Gasteiger partial charge in [-0.25, -0.2) is 0 Å². The van der Waals surface area contributed by atoms with E-state index in [1.54, 1.807) is 0 Å². The summed E-state index contributed by atoms with van der Waals surface area (Å²) in [6.07, 6.45) is 4.22. The predicted octanol–water partition coefficient (Wildman–Crippen LogP) is 2.01. The van der Waals surface area contributed by atoms with E-state index < -0.39 is 0 Å². The maximum absolute atomic E-state index is 3.47. The first kappa shape index (κ1) is 8.54. The maximum atomic E-state index is 3.47. The molecule has 0 radical (unpaired) electrons. The summed E-state index contributed by atoms with van der Waals surface area (Å²) in [6.45, 7) is 4.19. The Morgan fingerprint density at radius 1 is 1.30 bits per heavy atom. The molecule has 0 bridgehead atoms. The molecule has 0 amide bonds. The van der Waals surface area contributed by atoms with Crippen LogP contribution in [-0.2, 0) is 0 Å². The minimum atomic E-state index is 1.17. The number of rotatable bonds is 3. The van der Waals surface area contributed by atoms with Crippen LogP contribution >= 0.6 is 15.9 Å². The van der Waals surface area contributed by atoms with Crippen molar-refractivity contribution in [2.45, 2.75) is 19.3 Å². The number of nitrogens with zero attached hydrogens (tertiary/aromatic N) is 1. The number of hydrogen-bond donors (Lipinski definition) is 0. The molecule has 0 saturated carbocycles. The van der Waals surface area contributed by atoms with E-state index in [1.165, 1.54) is 48.7 Å². The van der Waals surface area contributed by atoms with Gasteiger partial charge < -0.3 is 4.48 Å². The van der Waals surface area contributed by atoms with Crippen molar-refractivity contribution >= 4 is 15.9 Å². The number of quaternary nitrogens is 1. The van der Waals surface area contributed by atoms with Gasteiger partial charge in [0.15, 0.2) is 0 Å². The van der Waals surface area contributed by atoms with Gasteiger partial charge in [-0.05, 0) is 0 Å². The number of hydrogen-bond acceptors (Lipinski definition) is 0. The molecule has 0 atom stereocenters. The molecule has 1 saturated heterocycles. The van der Waals surface area contributed by atoms with Gasteiger partial charge in [0.05, 0.1) is 26.7 Å². The highest BCUT2D eigenvalue weighted by atomic mass is 79.9. The molecule has 0 aromatic heterocycles. The van der Waals surface area contributed by atoms with Gasteiger partial charge in [-0.2, -0.15) is 0 Å². The van der Waals surface area contributed by atoms with E-state index in [1.807, 2.05) is 0 Å². The summed E-state index contributed by atoms with van der Waals surface area (Å²) in [6, 6.07) is 0. The van der Waals surface area contributed by atoms with E-state index >= 15 is 0 Å². The fraction of sp³-hybridized carbons (Fsp3) is 1.00. The van der Waals surface area contributed by atoms with E-state index in [0.717, 1.165) is 0 Å². The molecular formula is C8H17BrN+. The predicted molar refractivity (Wildman–Crippen MR) is 48.4 cm³/mol. The molecule has 1 heterocycles. The molecule has 10 heavy (non-hydrogen) atoms. The summed E-state index contributed by atoms with van der Waals surface area (Å²) in [5, 5.41) is 1.17. The van der Waals surface area contributed by atoms with Gasteiger partial charge in [0.2, 0.25) is 0 Å². The van der Waals surface area contributed by atoms with Crippen molar-refractivity contribution in [3.05, 3.63) is 0 Å². The van der Waals surface area contributed by atoms with Crippen LogP contribution in [0.2, 0.25) is 0 Å². The fourth-order valence-corrected chi connectivity index (χ4v) is 2.01. The van der Waals surface area contributed by atoms with Gasteiger partial charge in [-0.15, -0.1) is 0 Å². The molecule has 2 heteroatoms. The highest BCUT2D eigenvalue weighted by molar-refractivity contribution is 9.09. The van der Waals surface area contributed by atoms with Crippen LogP contribution in [0.4, 0.5) is 0 Å². The summed E-state index contributed by atoms with van der Waals surface area (Å²) in [5.41, 5.74) is 0. The summed E-state index contributed by atoms with van der Waals surface area (Å²) < 4.78 is 1.32. The smallest absolute Gasteiger partial charge is 0.0792 e. The Balaban J connectivity index is 2.22. The summed E-state index contributed by atoms with van der Waals surface area (Å²) in [7, 11) is 2.38. The number of halogens is 1. The zero-order valence-electron chi connectivity index (χ0n) is 6.77. The lowest BCUT2D eigenvalue weighted by atomic mass is 10.4. The quantitative estimate of drug-likeness (QED) is 0.490. The Bertz CT molecular complexity index is 97.4. The first-order chi connectivity index (χ1) is 4.77. The second-order valence-corrected chi connectivity index (χ2v) is 4.33. The molecule has 1 nitrogen and oxygen atoms in total. The Kier molecular flexibility index (Phi) is 3.18. The van der Waals surface area contributed by atoms with Crippen LogP contribution < -0.4 is 0 Å². The maximum Gasteiger partial charge on any atom is 0.0792 e. The Morgan fingerprint density at radius 2 is 1.90 bits per heavy atom. The minimum Gasteiger partial charge on any atom is -0.326 e. The van der Waals surface area contributed by atoms with Gasteiger partial charge in [0, 0.05) is 24.6 Å². The largest absolute Gasteiger partial charge is 0.326 e. The van der Waals surface area contributed by atoms with Crippen LogP contribution in [0.5, 0.6) is 0 Å². The lowest BCUT2D eigenvalue weighted by Gasteiger charge is -2.28. The van der Waals surface area contributed by atoms with Crippen LogP contribution in [0, 0.1) is 0 Å². The first-order valence-corrected chi connectivity index (χ1v) is 5.28. The topological polar surface area (TPSA) is 0 Å². The number of likely N-dealkylation sites (tertiary alicyclic amines) is 1. The van der Waals surface area contributed by atoms with Crippen molar-refractivity contribution in [2.24, 2.45) is 0 Å². The van der Waals surface area contributed by atoms with E-state index in [4.69, 9.17) is 0 Å². The van der Waals surface area contributed by atoms with Crippen LogP contribution in [0.15, 0.2) is 0 Å². The third kappa shape index (κ3) is 2.24. The average Bonchev–Trinajstić information content (AvgIpc) is 2.33. The molecule has 0 aromatic carbocycles. The zero-order chi connectivity index (χ0) is 7.45. The van der Waals surface area contributed by atoms with Gasteiger partial charge in [-0.1, -0.05) is 15.9 Å². The van der Waals surface area contributed by atoms with Gasteiger partial charge in [-0.3, -0.25) is 0 Å². The lowest BCUT2D eigenvalue weighted by molar-refractivity contribution is -0.897. The normalized spacial score (nSPS) is 23.4. The standard InChI is InChI=1S/C8H17BrN/c1-10(8-4-5-9)6-2-3-7-10/h2-8H2,1H3/q+1. The SMILES string of the molecule is C[N+]1(CCCBr)CCCC1. The highest BCUT2D eigenvalue weighted by Gasteiger charge is 2.25. The van der Waals surface area contributed by atoms with Crippen molar-refractivity contribution in [2.75, 3.05) is 32.0 Å². The molecule has 0 unspecified atom stereocenters. The molecule has 0 N–H and O–H groups in total. The molecule has 60 valence electrons. The van der Waals surface area contributed by atoms with E-state index in [2.05, 4.69) is 23.0 Å². The monoisotopic (exact) mass is 206 g/mol. The second kappa shape index (κ2) is 3.72. The first-order valence-electron chi connectivity index (χ1n) is 4.16. The molecule has 1 fully saturated rings. The van der Waals surface area contributed by atoms with Crippen LogP contribution in [0.1, 0.15) is 19.3 Å². The van der Waals surface area contributed by atoms with Crippen molar-refractivity contribution in [1.29, 1.82) is 0 Å². The number of alkyl halides is 1. The van der Waals surface area contributed by atoms with Gasteiger partial charge in [0.1, 0.15) is 0 Å². The molecular weight excluding hydrogens is 190 g/mol. The minimum absolute atomic E-state index is 1.17. The summed E-state index contributed by atoms with van der Waals surface area (Å²) in [4.78, 5) is 0. The third-order valence-electron chi connectivity index (χ3n) is 2.48. The van der Waals surface area contributed by atoms with Crippen molar-refractivity contribution in [1.82, 2.24) is 0 Å². The average molecular weight is 207 g/mol. The lowest BCUT2D eigenvalue weighted by Crippen LogP contribution is -2.41. The Hall–Kier alpha value is 0.440.